The van der Waals surface area contributed by atoms with Gasteiger partial charge in [0.05, 0.1) is 22.9 Å². The van der Waals surface area contributed by atoms with Crippen molar-refractivity contribution in [3.8, 4) is 0 Å². The van der Waals surface area contributed by atoms with Gasteiger partial charge >= 0.3 is 6.18 Å². The minimum atomic E-state index is -5.14. The molecule has 0 aliphatic carbocycles. The topological polar surface area (TPSA) is 108 Å². The molecule has 0 aliphatic rings. The van der Waals surface area contributed by atoms with Crippen molar-refractivity contribution in [3.05, 3.63) is 29.3 Å². The van der Waals surface area contributed by atoms with Crippen LogP contribution in [0.5, 0.6) is 0 Å². The summed E-state index contributed by atoms with van der Waals surface area (Å²) in [5.41, 5.74) is -4.31. The lowest BCUT2D eigenvalue weighted by molar-refractivity contribution is -0.267. The highest BCUT2D eigenvalue weighted by atomic mass is 32.2. The van der Waals surface area contributed by atoms with Crippen LogP contribution in [0.15, 0.2) is 24.3 Å². The number of benzene rings is 1. The Kier molecular flexibility index (Phi) is 6.10. The van der Waals surface area contributed by atoms with Crippen molar-refractivity contribution < 1.29 is 31.5 Å². The Morgan fingerprint density at radius 3 is 2.39 bits per heavy atom. The van der Waals surface area contributed by atoms with Gasteiger partial charge in [0.2, 0.25) is 21.5 Å². The molecule has 1 atom stereocenters. The molecule has 1 amide bonds. The van der Waals surface area contributed by atoms with Crippen LogP contribution in [0.25, 0.3) is 10.2 Å². The van der Waals surface area contributed by atoms with Crippen LogP contribution in [-0.4, -0.2) is 48.9 Å². The highest BCUT2D eigenvalue weighted by molar-refractivity contribution is 7.88. The largest absolute Gasteiger partial charge is 0.424 e. The summed E-state index contributed by atoms with van der Waals surface area (Å²) >= 11 is 0.652. The number of sulfonamides is 1. The number of rotatable bonds is 7. The lowest BCUT2D eigenvalue weighted by Crippen LogP contribution is -2.52. The number of carbonyl (C=O) groups excluding carboxylic acids is 1. The lowest BCUT2D eigenvalue weighted by Gasteiger charge is -2.29. The Balaban J connectivity index is 2.21. The van der Waals surface area contributed by atoms with Gasteiger partial charge in [-0.1, -0.05) is 12.1 Å². The highest BCUT2D eigenvalue weighted by Crippen LogP contribution is 2.44. The molecule has 2 rings (SSSR count). The maximum atomic E-state index is 13.6. The Labute approximate surface area is 164 Å². The van der Waals surface area contributed by atoms with Gasteiger partial charge in [0, 0.05) is 12.1 Å². The maximum Gasteiger partial charge on any atom is 0.424 e. The molecule has 1 aromatic heterocycles. The molecule has 1 heterocycles. The number of fused-ring (bicyclic) bond motifs is 1. The molecular formula is C16H20F3N3O4S2. The number of hydrogen-bond donors (Lipinski definition) is 3. The third-order valence-electron chi connectivity index (χ3n) is 3.72. The standard InChI is InChI=1S/C16H20F3N3O4S2/c1-14(2,22-28(3,25)26)9-20-12(23)8-15(24,16(17,18)19)13-21-10-6-4-5-7-11(10)27-13/h4-7,22,24H,8-9H2,1-3H3,(H,20,23)/t15-/m0/s1. The van der Waals surface area contributed by atoms with Crippen LogP contribution >= 0.6 is 11.3 Å². The van der Waals surface area contributed by atoms with Gasteiger partial charge in [-0.2, -0.15) is 13.2 Å². The molecule has 3 N–H and O–H groups in total. The van der Waals surface area contributed by atoms with E-state index in [1.54, 1.807) is 18.2 Å². The van der Waals surface area contributed by atoms with Gasteiger partial charge in [-0.15, -0.1) is 11.3 Å². The van der Waals surface area contributed by atoms with E-state index in [-0.39, 0.29) is 12.1 Å². The van der Waals surface area contributed by atoms with Crippen molar-refractivity contribution in [2.75, 3.05) is 12.8 Å². The molecule has 0 saturated heterocycles. The molecule has 7 nitrogen and oxygen atoms in total. The third kappa shape index (κ3) is 5.40. The normalized spacial score (nSPS) is 15.4. The number of para-hydroxylation sites is 1. The van der Waals surface area contributed by atoms with Crippen molar-refractivity contribution in [2.24, 2.45) is 0 Å². The van der Waals surface area contributed by atoms with Crippen LogP contribution < -0.4 is 10.0 Å². The fourth-order valence-electron chi connectivity index (χ4n) is 2.50. The molecule has 28 heavy (non-hydrogen) atoms. The van der Waals surface area contributed by atoms with Crippen molar-refractivity contribution in [2.45, 2.75) is 37.6 Å². The minimum absolute atomic E-state index is 0.271. The second kappa shape index (κ2) is 7.58. The highest BCUT2D eigenvalue weighted by Gasteiger charge is 2.58. The predicted octanol–water partition coefficient (Wildman–Crippen LogP) is 1.88. The molecule has 2 aromatic rings. The molecule has 1 aromatic carbocycles. The first kappa shape index (κ1) is 22.5. The molecule has 0 unspecified atom stereocenters. The zero-order valence-corrected chi connectivity index (χ0v) is 16.9. The Morgan fingerprint density at radius 2 is 1.86 bits per heavy atom. The van der Waals surface area contributed by atoms with Crippen LogP contribution in [0.3, 0.4) is 0 Å². The van der Waals surface area contributed by atoms with Crippen LogP contribution in [0, 0.1) is 0 Å². The second-order valence-electron chi connectivity index (χ2n) is 7.06. The first-order chi connectivity index (χ1) is 12.6. The fourth-order valence-corrected chi connectivity index (χ4v) is 4.65. The van der Waals surface area contributed by atoms with E-state index >= 15 is 0 Å². The summed E-state index contributed by atoms with van der Waals surface area (Å²) in [5, 5.41) is 12.0. The van der Waals surface area contributed by atoms with E-state index in [2.05, 4.69) is 15.0 Å². The number of hydrogen-bond acceptors (Lipinski definition) is 6. The van der Waals surface area contributed by atoms with E-state index in [9.17, 15) is 31.5 Å². The molecule has 0 spiro atoms. The number of nitrogens with one attached hydrogen (secondary N) is 2. The Hall–Kier alpha value is -1.76. The van der Waals surface area contributed by atoms with Crippen LogP contribution in [-0.2, 0) is 20.4 Å². The molecule has 0 aliphatic heterocycles. The van der Waals surface area contributed by atoms with Gasteiger partial charge < -0.3 is 10.4 Å². The number of aromatic nitrogens is 1. The second-order valence-corrected chi connectivity index (χ2v) is 9.84. The van der Waals surface area contributed by atoms with Crippen molar-refractivity contribution in [1.29, 1.82) is 0 Å². The number of nitrogens with zero attached hydrogens (tertiary/aromatic N) is 1. The average Bonchev–Trinajstić information content (AvgIpc) is 2.94. The van der Waals surface area contributed by atoms with Gasteiger partial charge in [-0.3, -0.25) is 4.79 Å². The van der Waals surface area contributed by atoms with Gasteiger partial charge in [-0.05, 0) is 26.0 Å². The summed E-state index contributed by atoms with van der Waals surface area (Å²) in [6, 6.07) is 6.29. The van der Waals surface area contributed by atoms with E-state index in [0.717, 1.165) is 6.26 Å². The summed E-state index contributed by atoms with van der Waals surface area (Å²) in [6.07, 6.45) is -5.52. The first-order valence-corrected chi connectivity index (χ1v) is 10.7. The Morgan fingerprint density at radius 1 is 1.25 bits per heavy atom. The van der Waals surface area contributed by atoms with E-state index in [4.69, 9.17) is 0 Å². The number of aliphatic hydroxyl groups is 1. The van der Waals surface area contributed by atoms with Gasteiger partial charge in [0.25, 0.3) is 0 Å². The fraction of sp³-hybridized carbons (Fsp3) is 0.500. The number of thiazole rings is 1. The summed E-state index contributed by atoms with van der Waals surface area (Å²) < 4.78 is 66.2. The number of alkyl halides is 3. The third-order valence-corrected chi connectivity index (χ3v) is 5.83. The first-order valence-electron chi connectivity index (χ1n) is 8.04. The molecule has 0 saturated carbocycles. The summed E-state index contributed by atoms with van der Waals surface area (Å²) in [4.78, 5) is 16.0. The van der Waals surface area contributed by atoms with E-state index in [0.29, 0.717) is 16.0 Å². The van der Waals surface area contributed by atoms with Crippen LogP contribution in [0.2, 0.25) is 0 Å². The monoisotopic (exact) mass is 439 g/mol. The summed E-state index contributed by atoms with van der Waals surface area (Å²) in [5.74, 6) is -1.09. The zero-order chi connectivity index (χ0) is 21.4. The van der Waals surface area contributed by atoms with Crippen molar-refractivity contribution in [3.63, 3.8) is 0 Å². The van der Waals surface area contributed by atoms with Gasteiger partial charge in [0.1, 0.15) is 5.01 Å². The maximum absolute atomic E-state index is 13.6. The zero-order valence-electron chi connectivity index (χ0n) is 15.3. The molecule has 0 radical (unpaired) electrons. The lowest BCUT2D eigenvalue weighted by atomic mass is 9.98. The summed E-state index contributed by atoms with van der Waals surface area (Å²) in [7, 11) is -3.58. The number of halogens is 3. The SMILES string of the molecule is CC(C)(CNC(=O)C[C@](O)(c1nc2ccccc2s1)C(F)(F)F)NS(C)(=O)=O. The summed E-state index contributed by atoms with van der Waals surface area (Å²) in [6.45, 7) is 2.64. The van der Waals surface area contributed by atoms with Crippen LogP contribution in [0.4, 0.5) is 13.2 Å². The molecule has 0 fully saturated rings. The molecule has 0 bridgehead atoms. The van der Waals surface area contributed by atoms with Crippen molar-refractivity contribution >= 4 is 37.5 Å². The Bertz CT molecular complexity index is 940. The smallest absolute Gasteiger partial charge is 0.374 e. The quantitative estimate of drug-likeness (QED) is 0.611. The van der Waals surface area contributed by atoms with E-state index < -0.39 is 44.7 Å². The minimum Gasteiger partial charge on any atom is -0.374 e. The molecular weight excluding hydrogens is 419 g/mol. The van der Waals surface area contributed by atoms with Crippen molar-refractivity contribution in [1.82, 2.24) is 15.0 Å². The van der Waals surface area contributed by atoms with Crippen LogP contribution in [0.1, 0.15) is 25.3 Å². The number of carbonyl (C=O) groups is 1. The molecule has 156 valence electrons. The average molecular weight is 439 g/mol. The predicted molar refractivity (Wildman–Crippen MR) is 99.3 cm³/mol. The molecule has 12 heteroatoms. The van der Waals surface area contributed by atoms with Gasteiger partial charge in [0.15, 0.2) is 0 Å². The van der Waals surface area contributed by atoms with E-state index in [1.807, 2.05) is 0 Å². The van der Waals surface area contributed by atoms with E-state index in [1.165, 1.54) is 19.9 Å². The number of amides is 1. The van der Waals surface area contributed by atoms with Gasteiger partial charge in [-0.25, -0.2) is 18.1 Å².